The van der Waals surface area contributed by atoms with E-state index in [2.05, 4.69) is 6.92 Å². The fourth-order valence-corrected chi connectivity index (χ4v) is 2.16. The second kappa shape index (κ2) is 6.11. The Hall–Kier alpha value is -0.410. The minimum absolute atomic E-state index is 0.375. The number of hydrogen-bond donors (Lipinski definition) is 0. The Labute approximate surface area is 83.7 Å². The highest BCUT2D eigenvalue weighted by molar-refractivity contribution is 7.98. The van der Waals surface area contributed by atoms with E-state index in [4.69, 9.17) is 9.15 Å². The van der Waals surface area contributed by atoms with E-state index >= 15 is 0 Å². The van der Waals surface area contributed by atoms with Crippen LogP contribution < -0.4 is 0 Å². The van der Waals surface area contributed by atoms with Crippen LogP contribution in [0.4, 0.5) is 0 Å². The molecule has 0 radical (unpaired) electrons. The number of ether oxygens (including phenoxy) is 1. The molecule has 0 aromatic carbocycles. The normalized spacial score (nSPS) is 13.1. The van der Waals surface area contributed by atoms with E-state index in [0.29, 0.717) is 6.10 Å². The average Bonchev–Trinajstić information content (AvgIpc) is 2.65. The molecular formula is C10H16O2S. The van der Waals surface area contributed by atoms with Crippen molar-refractivity contribution < 1.29 is 9.15 Å². The molecule has 0 spiro atoms. The molecule has 0 N–H and O–H groups in total. The summed E-state index contributed by atoms with van der Waals surface area (Å²) in [7, 11) is 1.77. The molecule has 0 aliphatic heterocycles. The summed E-state index contributed by atoms with van der Waals surface area (Å²) in [5, 5.41) is 0. The summed E-state index contributed by atoms with van der Waals surface area (Å²) < 4.78 is 10.5. The molecular weight excluding hydrogens is 184 g/mol. The average molecular weight is 200 g/mol. The molecule has 0 saturated heterocycles. The van der Waals surface area contributed by atoms with E-state index in [1.807, 2.05) is 23.9 Å². The SMILES string of the molecule is CCC(CSCc1ccco1)OC. The third-order valence-corrected chi connectivity index (χ3v) is 3.01. The first-order valence-corrected chi connectivity index (χ1v) is 5.65. The standard InChI is InChI=1S/C10H16O2S/c1-3-9(11-2)7-13-8-10-5-4-6-12-10/h4-6,9H,3,7-8H2,1-2H3. The Morgan fingerprint density at radius 2 is 2.46 bits per heavy atom. The van der Waals surface area contributed by atoms with Gasteiger partial charge in [-0.05, 0) is 18.6 Å². The molecule has 0 aliphatic rings. The van der Waals surface area contributed by atoms with Gasteiger partial charge in [-0.25, -0.2) is 0 Å². The van der Waals surface area contributed by atoms with Gasteiger partial charge in [0, 0.05) is 12.9 Å². The number of hydrogen-bond acceptors (Lipinski definition) is 3. The molecule has 1 rings (SSSR count). The first kappa shape index (κ1) is 10.7. The molecule has 2 nitrogen and oxygen atoms in total. The van der Waals surface area contributed by atoms with Gasteiger partial charge in [0.15, 0.2) is 0 Å². The Kier molecular flexibility index (Phi) is 5.01. The summed E-state index contributed by atoms with van der Waals surface area (Å²) in [4.78, 5) is 0. The highest BCUT2D eigenvalue weighted by atomic mass is 32.2. The van der Waals surface area contributed by atoms with E-state index in [-0.39, 0.29) is 0 Å². The summed E-state index contributed by atoms with van der Waals surface area (Å²) >= 11 is 1.85. The zero-order chi connectivity index (χ0) is 9.52. The maximum Gasteiger partial charge on any atom is 0.113 e. The van der Waals surface area contributed by atoms with Crippen LogP contribution in [-0.4, -0.2) is 19.0 Å². The van der Waals surface area contributed by atoms with Gasteiger partial charge in [0.1, 0.15) is 5.76 Å². The Morgan fingerprint density at radius 3 is 3.00 bits per heavy atom. The number of thioether (sulfide) groups is 1. The minimum Gasteiger partial charge on any atom is -0.468 e. The van der Waals surface area contributed by atoms with Gasteiger partial charge >= 0.3 is 0 Å². The predicted molar refractivity (Wildman–Crippen MR) is 56.0 cm³/mol. The number of methoxy groups -OCH3 is 1. The van der Waals surface area contributed by atoms with Crippen LogP contribution >= 0.6 is 11.8 Å². The van der Waals surface area contributed by atoms with Crippen molar-refractivity contribution >= 4 is 11.8 Å². The molecule has 1 atom stereocenters. The van der Waals surface area contributed by atoms with Crippen LogP contribution in [0.1, 0.15) is 19.1 Å². The number of rotatable bonds is 6. The lowest BCUT2D eigenvalue weighted by Crippen LogP contribution is -2.11. The van der Waals surface area contributed by atoms with Crippen molar-refractivity contribution in [1.29, 1.82) is 0 Å². The van der Waals surface area contributed by atoms with Crippen molar-refractivity contribution in [2.45, 2.75) is 25.2 Å². The lowest BCUT2D eigenvalue weighted by Gasteiger charge is -2.11. The summed E-state index contributed by atoms with van der Waals surface area (Å²) in [6.45, 7) is 2.14. The van der Waals surface area contributed by atoms with Crippen LogP contribution in [-0.2, 0) is 10.5 Å². The molecule has 3 heteroatoms. The highest BCUT2D eigenvalue weighted by Gasteiger charge is 2.04. The summed E-state index contributed by atoms with van der Waals surface area (Å²) in [5.41, 5.74) is 0. The van der Waals surface area contributed by atoms with Crippen LogP contribution in [0.5, 0.6) is 0 Å². The molecule has 0 amide bonds. The molecule has 13 heavy (non-hydrogen) atoms. The largest absolute Gasteiger partial charge is 0.468 e. The summed E-state index contributed by atoms with van der Waals surface area (Å²) in [6, 6.07) is 3.92. The molecule has 0 aliphatic carbocycles. The van der Waals surface area contributed by atoms with Crippen LogP contribution in [0.2, 0.25) is 0 Å². The van der Waals surface area contributed by atoms with Crippen LogP contribution in [0.15, 0.2) is 22.8 Å². The van der Waals surface area contributed by atoms with Gasteiger partial charge < -0.3 is 9.15 Å². The Morgan fingerprint density at radius 1 is 1.62 bits per heavy atom. The molecule has 0 bridgehead atoms. The molecule has 1 aromatic heterocycles. The van der Waals surface area contributed by atoms with E-state index < -0.39 is 0 Å². The molecule has 1 heterocycles. The molecule has 1 aromatic rings. The number of furan rings is 1. The molecule has 0 saturated carbocycles. The Bertz CT molecular complexity index is 205. The van der Waals surface area contributed by atoms with Crippen LogP contribution in [0, 0.1) is 0 Å². The Balaban J connectivity index is 2.13. The van der Waals surface area contributed by atoms with E-state index in [0.717, 1.165) is 23.7 Å². The fourth-order valence-electron chi connectivity index (χ4n) is 1.04. The first-order chi connectivity index (χ1) is 6.36. The second-order valence-electron chi connectivity index (χ2n) is 2.86. The van der Waals surface area contributed by atoms with Gasteiger partial charge in [-0.1, -0.05) is 6.92 Å². The van der Waals surface area contributed by atoms with Gasteiger partial charge in [0.05, 0.1) is 18.1 Å². The van der Waals surface area contributed by atoms with Gasteiger partial charge in [-0.2, -0.15) is 11.8 Å². The quantitative estimate of drug-likeness (QED) is 0.705. The van der Waals surface area contributed by atoms with E-state index in [1.54, 1.807) is 13.4 Å². The summed E-state index contributed by atoms with van der Waals surface area (Å²) in [5.74, 6) is 3.01. The zero-order valence-corrected chi connectivity index (χ0v) is 8.97. The monoisotopic (exact) mass is 200 g/mol. The molecule has 74 valence electrons. The predicted octanol–water partition coefficient (Wildman–Crippen LogP) is 2.94. The minimum atomic E-state index is 0.375. The van der Waals surface area contributed by atoms with Gasteiger partial charge in [-0.3, -0.25) is 0 Å². The fraction of sp³-hybridized carbons (Fsp3) is 0.600. The van der Waals surface area contributed by atoms with Crippen molar-refractivity contribution in [2.75, 3.05) is 12.9 Å². The lowest BCUT2D eigenvalue weighted by molar-refractivity contribution is 0.119. The van der Waals surface area contributed by atoms with Gasteiger partial charge in [-0.15, -0.1) is 0 Å². The van der Waals surface area contributed by atoms with Crippen molar-refractivity contribution in [1.82, 2.24) is 0 Å². The van der Waals surface area contributed by atoms with Crippen LogP contribution in [0.3, 0.4) is 0 Å². The molecule has 0 fully saturated rings. The maximum atomic E-state index is 5.27. The highest BCUT2D eigenvalue weighted by Crippen LogP contribution is 2.15. The van der Waals surface area contributed by atoms with Crippen molar-refractivity contribution in [3.05, 3.63) is 24.2 Å². The third-order valence-electron chi connectivity index (χ3n) is 1.92. The van der Waals surface area contributed by atoms with Crippen molar-refractivity contribution in [2.24, 2.45) is 0 Å². The van der Waals surface area contributed by atoms with E-state index in [1.165, 1.54) is 0 Å². The maximum absolute atomic E-state index is 5.27. The zero-order valence-electron chi connectivity index (χ0n) is 8.16. The van der Waals surface area contributed by atoms with E-state index in [9.17, 15) is 0 Å². The van der Waals surface area contributed by atoms with Crippen LogP contribution in [0.25, 0.3) is 0 Å². The summed E-state index contributed by atoms with van der Waals surface area (Å²) in [6.07, 6.45) is 3.16. The first-order valence-electron chi connectivity index (χ1n) is 4.49. The van der Waals surface area contributed by atoms with Gasteiger partial charge in [0.2, 0.25) is 0 Å². The molecule has 1 unspecified atom stereocenters. The third kappa shape index (κ3) is 3.87. The lowest BCUT2D eigenvalue weighted by atomic mass is 10.3. The van der Waals surface area contributed by atoms with Crippen molar-refractivity contribution in [3.8, 4) is 0 Å². The smallest absolute Gasteiger partial charge is 0.113 e. The topological polar surface area (TPSA) is 22.4 Å². The second-order valence-corrected chi connectivity index (χ2v) is 3.89. The van der Waals surface area contributed by atoms with Gasteiger partial charge in [0.25, 0.3) is 0 Å². The van der Waals surface area contributed by atoms with Crippen molar-refractivity contribution in [3.63, 3.8) is 0 Å².